The quantitative estimate of drug-likeness (QED) is 0.847. The van der Waals surface area contributed by atoms with Crippen LogP contribution in [0.4, 0.5) is 0 Å². The molecule has 1 fully saturated rings. The highest BCUT2D eigenvalue weighted by Crippen LogP contribution is 2.47. The molecule has 0 aliphatic heterocycles. The first kappa shape index (κ1) is 13.8. The number of nitrogens with one attached hydrogen (secondary N) is 1. The fraction of sp³-hybridized carbons (Fsp3) is 0.333. The van der Waals surface area contributed by atoms with Crippen LogP contribution in [0.1, 0.15) is 37.7 Å². The number of hydrogen-bond donors (Lipinski definition) is 1. The molecule has 0 unspecified atom stereocenters. The van der Waals surface area contributed by atoms with E-state index < -0.39 is 0 Å². The van der Waals surface area contributed by atoms with Crippen LogP contribution in [0.15, 0.2) is 53.8 Å². The van der Waals surface area contributed by atoms with E-state index in [0.29, 0.717) is 17.2 Å². The lowest BCUT2D eigenvalue weighted by atomic mass is 9.75. The summed E-state index contributed by atoms with van der Waals surface area (Å²) in [5.41, 5.74) is 3.52. The maximum Gasteiger partial charge on any atom is 0.221 e. The van der Waals surface area contributed by atoms with E-state index in [1.807, 2.05) is 6.07 Å². The van der Waals surface area contributed by atoms with E-state index in [4.69, 9.17) is 0 Å². The van der Waals surface area contributed by atoms with Gasteiger partial charge in [-0.3, -0.25) is 9.59 Å². The van der Waals surface area contributed by atoms with Gasteiger partial charge in [0.05, 0.1) is 5.70 Å². The molecule has 0 aromatic heterocycles. The van der Waals surface area contributed by atoms with Gasteiger partial charge in [0, 0.05) is 18.4 Å². The molecule has 2 aliphatic carbocycles. The molecule has 1 saturated carbocycles. The molecule has 1 aromatic rings. The van der Waals surface area contributed by atoms with Gasteiger partial charge in [0.1, 0.15) is 0 Å². The van der Waals surface area contributed by atoms with Gasteiger partial charge in [-0.2, -0.15) is 0 Å². The summed E-state index contributed by atoms with van der Waals surface area (Å²) < 4.78 is 0. The summed E-state index contributed by atoms with van der Waals surface area (Å²) in [6.45, 7) is 5.40. The summed E-state index contributed by atoms with van der Waals surface area (Å²) in [4.78, 5) is 23.6. The van der Waals surface area contributed by atoms with E-state index in [-0.39, 0.29) is 17.6 Å². The fourth-order valence-corrected chi connectivity index (χ4v) is 3.51. The fourth-order valence-electron chi connectivity index (χ4n) is 3.51. The number of Topliss-reactive ketones (excluding diaryl/α,β-unsaturated/α-hetero) is 1. The maximum atomic E-state index is 12.3. The minimum absolute atomic E-state index is 0.0843. The molecular formula is C18H19NO2. The molecule has 3 heteroatoms. The van der Waals surface area contributed by atoms with Gasteiger partial charge in [0.15, 0.2) is 0 Å². The van der Waals surface area contributed by atoms with Crippen LogP contribution < -0.4 is 5.32 Å². The number of amides is 1. The molecule has 108 valence electrons. The first-order chi connectivity index (χ1) is 10.1. The molecule has 3 nitrogen and oxygen atoms in total. The van der Waals surface area contributed by atoms with E-state index in [1.165, 1.54) is 12.5 Å². The zero-order chi connectivity index (χ0) is 15.0. The van der Waals surface area contributed by atoms with Crippen molar-refractivity contribution >= 4 is 11.7 Å². The molecule has 0 spiro atoms. The summed E-state index contributed by atoms with van der Waals surface area (Å²) in [7, 11) is 0. The van der Waals surface area contributed by atoms with E-state index in [1.54, 1.807) is 0 Å². The third-order valence-electron chi connectivity index (χ3n) is 4.54. The maximum absolute atomic E-state index is 12.3. The van der Waals surface area contributed by atoms with Gasteiger partial charge in [-0.25, -0.2) is 0 Å². The molecule has 0 bridgehead atoms. The van der Waals surface area contributed by atoms with Gasteiger partial charge in [0.2, 0.25) is 11.7 Å². The smallest absolute Gasteiger partial charge is 0.221 e. The molecule has 0 radical (unpaired) electrons. The van der Waals surface area contributed by atoms with Gasteiger partial charge in [-0.1, -0.05) is 36.9 Å². The number of carbonyl (C=O) groups is 2. The van der Waals surface area contributed by atoms with Gasteiger partial charge in [-0.15, -0.1) is 0 Å². The van der Waals surface area contributed by atoms with Crippen molar-refractivity contribution in [2.24, 2.45) is 5.92 Å². The third-order valence-corrected chi connectivity index (χ3v) is 4.54. The number of benzene rings is 1. The average Bonchev–Trinajstić information content (AvgIpc) is 2.72. The Hall–Kier alpha value is -2.16. The van der Waals surface area contributed by atoms with E-state index >= 15 is 0 Å². The van der Waals surface area contributed by atoms with E-state index in [0.717, 1.165) is 24.8 Å². The second-order valence-corrected chi connectivity index (χ2v) is 5.87. The Morgan fingerprint density at radius 3 is 2.67 bits per heavy atom. The SMILES string of the molecule is C=C1C(=O)C(NC(C)=O)=C2CC[C@H](c3ccccc3)C[C@@H]12. The van der Waals surface area contributed by atoms with Crippen molar-refractivity contribution in [2.75, 3.05) is 0 Å². The molecule has 0 saturated heterocycles. The van der Waals surface area contributed by atoms with Crippen molar-refractivity contribution in [1.29, 1.82) is 0 Å². The summed E-state index contributed by atoms with van der Waals surface area (Å²) in [5, 5.41) is 2.71. The minimum Gasteiger partial charge on any atom is -0.323 e. The van der Waals surface area contributed by atoms with Crippen LogP contribution in [0.2, 0.25) is 0 Å². The van der Waals surface area contributed by atoms with Crippen LogP contribution in [-0.2, 0) is 9.59 Å². The lowest BCUT2D eigenvalue weighted by molar-refractivity contribution is -0.120. The van der Waals surface area contributed by atoms with Crippen LogP contribution in [0.3, 0.4) is 0 Å². The lowest BCUT2D eigenvalue weighted by Gasteiger charge is -2.29. The van der Waals surface area contributed by atoms with Gasteiger partial charge in [-0.05, 0) is 36.3 Å². The Bertz CT molecular complexity index is 642. The molecule has 1 amide bonds. The summed E-state index contributed by atoms with van der Waals surface area (Å²) in [6, 6.07) is 10.4. The predicted octanol–water partition coefficient (Wildman–Crippen LogP) is 3.10. The first-order valence-electron chi connectivity index (χ1n) is 7.37. The van der Waals surface area contributed by atoms with Crippen LogP contribution in [0.25, 0.3) is 0 Å². The molecule has 1 N–H and O–H groups in total. The number of ketones is 1. The Morgan fingerprint density at radius 2 is 2.00 bits per heavy atom. The Labute approximate surface area is 124 Å². The minimum atomic E-state index is -0.190. The molecule has 21 heavy (non-hydrogen) atoms. The van der Waals surface area contributed by atoms with Crippen molar-refractivity contribution in [1.82, 2.24) is 5.32 Å². The van der Waals surface area contributed by atoms with Crippen LogP contribution in [0, 0.1) is 5.92 Å². The highest BCUT2D eigenvalue weighted by Gasteiger charge is 2.40. The Morgan fingerprint density at radius 1 is 1.29 bits per heavy atom. The summed E-state index contributed by atoms with van der Waals surface area (Å²) >= 11 is 0. The van der Waals surface area contributed by atoms with Gasteiger partial charge < -0.3 is 5.32 Å². The Balaban J connectivity index is 1.87. The molecule has 0 heterocycles. The molecule has 3 rings (SSSR count). The highest BCUT2D eigenvalue weighted by atomic mass is 16.2. The number of allylic oxidation sites excluding steroid dienone is 2. The molecular weight excluding hydrogens is 262 g/mol. The number of fused-ring (bicyclic) bond motifs is 1. The van der Waals surface area contributed by atoms with Crippen molar-refractivity contribution < 1.29 is 9.59 Å². The third kappa shape index (κ3) is 2.44. The molecule has 2 atom stereocenters. The number of carbonyl (C=O) groups excluding carboxylic acids is 2. The van der Waals surface area contributed by atoms with Crippen LogP contribution in [-0.4, -0.2) is 11.7 Å². The van der Waals surface area contributed by atoms with Crippen molar-refractivity contribution in [3.63, 3.8) is 0 Å². The average molecular weight is 281 g/mol. The summed E-state index contributed by atoms with van der Waals surface area (Å²) in [6.07, 6.45) is 2.77. The van der Waals surface area contributed by atoms with Gasteiger partial charge in [0.25, 0.3) is 0 Å². The van der Waals surface area contributed by atoms with E-state index in [2.05, 4.69) is 36.2 Å². The van der Waals surface area contributed by atoms with Crippen LogP contribution in [0.5, 0.6) is 0 Å². The predicted molar refractivity (Wildman–Crippen MR) is 81.5 cm³/mol. The van der Waals surface area contributed by atoms with E-state index in [9.17, 15) is 9.59 Å². The van der Waals surface area contributed by atoms with Crippen molar-refractivity contribution in [3.05, 3.63) is 59.3 Å². The monoisotopic (exact) mass is 281 g/mol. The first-order valence-corrected chi connectivity index (χ1v) is 7.37. The van der Waals surface area contributed by atoms with Crippen LogP contribution >= 0.6 is 0 Å². The summed E-state index contributed by atoms with van der Waals surface area (Å²) in [5.74, 6) is 0.280. The molecule has 2 aliphatic rings. The number of rotatable bonds is 2. The number of hydrogen-bond acceptors (Lipinski definition) is 2. The second kappa shape index (κ2) is 5.32. The highest BCUT2D eigenvalue weighted by molar-refractivity contribution is 6.13. The zero-order valence-corrected chi connectivity index (χ0v) is 12.2. The zero-order valence-electron chi connectivity index (χ0n) is 12.2. The van der Waals surface area contributed by atoms with Crippen molar-refractivity contribution in [3.8, 4) is 0 Å². The topological polar surface area (TPSA) is 46.2 Å². The van der Waals surface area contributed by atoms with Gasteiger partial charge >= 0.3 is 0 Å². The standard InChI is InChI=1S/C18H19NO2/c1-11-16-10-14(13-6-4-3-5-7-13)8-9-15(16)17(18(11)21)19-12(2)20/h3-7,14,16H,1,8-10H2,2H3,(H,19,20)/t14-,16-/m0/s1. The second-order valence-electron chi connectivity index (χ2n) is 5.87. The molecule has 1 aromatic carbocycles. The largest absolute Gasteiger partial charge is 0.323 e. The Kier molecular flexibility index (Phi) is 3.50. The van der Waals surface area contributed by atoms with Crippen molar-refractivity contribution in [2.45, 2.75) is 32.1 Å². The normalized spacial score (nSPS) is 25.0. The lowest BCUT2D eigenvalue weighted by Crippen LogP contribution is -2.24.